The molecule has 1 aromatic heterocycles. The number of benzene rings is 3. The van der Waals surface area contributed by atoms with E-state index in [9.17, 15) is 19.5 Å². The monoisotopic (exact) mass is 536 g/mol. The van der Waals surface area contributed by atoms with Crippen molar-refractivity contribution in [3.05, 3.63) is 82.5 Å². The Balaban J connectivity index is 1.65. The zero-order chi connectivity index (χ0) is 27.6. The molecule has 196 valence electrons. The van der Waals surface area contributed by atoms with E-state index in [0.29, 0.717) is 39.2 Å². The first-order valence-electron chi connectivity index (χ1n) is 11.4. The molecule has 0 saturated carbocycles. The lowest BCUT2D eigenvalue weighted by atomic mass is 9.81. The number of anilines is 1. The molecule has 4 aromatic rings. The maximum Gasteiger partial charge on any atom is 0.357 e. The van der Waals surface area contributed by atoms with Crippen molar-refractivity contribution in [3.63, 3.8) is 0 Å². The molecule has 1 heterocycles. The average Bonchev–Trinajstić information content (AvgIpc) is 3.26. The van der Waals surface area contributed by atoms with Crippen molar-refractivity contribution in [3.8, 4) is 11.5 Å². The number of hydrogen-bond donors (Lipinski definition) is 3. The summed E-state index contributed by atoms with van der Waals surface area (Å²) in [5, 5.41) is 17.2. The molecule has 4 rings (SSSR count). The predicted octanol–water partition coefficient (Wildman–Crippen LogP) is 4.10. The van der Waals surface area contributed by atoms with Gasteiger partial charge < -0.3 is 25.6 Å². The maximum atomic E-state index is 12.8. The standard InChI is InChI=1S/C27H25ClN4O6/c1-27(26(29)36,14-32-20-7-5-4-6-17(20)23(31-32)25(34)35)18-10-9-16(13-19(18)28)30-24(33)15-8-11-21(37-2)22(12-15)38-3/h4-13H,14H2,1-3H3,(H2,29,36)(H,30,33)(H,34,35). The molecular weight excluding hydrogens is 512 g/mol. The third-order valence-corrected chi connectivity index (χ3v) is 6.65. The molecule has 0 fully saturated rings. The van der Waals surface area contributed by atoms with Crippen molar-refractivity contribution in [2.45, 2.75) is 18.9 Å². The Labute approximate surface area is 222 Å². The van der Waals surface area contributed by atoms with E-state index in [2.05, 4.69) is 10.4 Å². The number of amides is 2. The molecule has 38 heavy (non-hydrogen) atoms. The van der Waals surface area contributed by atoms with Crippen LogP contribution >= 0.6 is 11.6 Å². The van der Waals surface area contributed by atoms with Crippen molar-refractivity contribution >= 4 is 46.0 Å². The molecule has 0 bridgehead atoms. The first-order valence-corrected chi connectivity index (χ1v) is 11.8. The van der Waals surface area contributed by atoms with Crippen LogP contribution in [0.5, 0.6) is 11.5 Å². The van der Waals surface area contributed by atoms with Crippen LogP contribution in [0.4, 0.5) is 5.69 Å². The van der Waals surface area contributed by atoms with E-state index in [1.165, 1.54) is 25.0 Å². The molecule has 0 spiro atoms. The fraction of sp³-hybridized carbons (Fsp3) is 0.185. The minimum atomic E-state index is -1.35. The van der Waals surface area contributed by atoms with E-state index in [4.69, 9.17) is 26.8 Å². The van der Waals surface area contributed by atoms with E-state index in [-0.39, 0.29) is 17.3 Å². The number of carboxylic acids is 1. The van der Waals surface area contributed by atoms with Crippen LogP contribution in [-0.4, -0.2) is 46.9 Å². The fourth-order valence-corrected chi connectivity index (χ4v) is 4.61. The number of methoxy groups -OCH3 is 2. The van der Waals surface area contributed by atoms with Crippen molar-refractivity contribution in [1.29, 1.82) is 0 Å². The van der Waals surface area contributed by atoms with Gasteiger partial charge in [0, 0.05) is 21.7 Å². The molecule has 0 saturated heterocycles. The van der Waals surface area contributed by atoms with Gasteiger partial charge in [0.15, 0.2) is 17.2 Å². The van der Waals surface area contributed by atoms with Crippen molar-refractivity contribution in [2.24, 2.45) is 5.73 Å². The molecule has 2 amide bonds. The van der Waals surface area contributed by atoms with E-state index < -0.39 is 23.2 Å². The van der Waals surface area contributed by atoms with Gasteiger partial charge in [-0.05, 0) is 48.9 Å². The number of ether oxygens (including phenoxy) is 2. The zero-order valence-corrected chi connectivity index (χ0v) is 21.6. The number of carbonyl (C=O) groups excluding carboxylic acids is 2. The third-order valence-electron chi connectivity index (χ3n) is 6.34. The number of para-hydroxylation sites is 1. The number of nitrogens with zero attached hydrogens (tertiary/aromatic N) is 2. The van der Waals surface area contributed by atoms with E-state index in [1.807, 2.05) is 0 Å². The summed E-state index contributed by atoms with van der Waals surface area (Å²) in [6, 6.07) is 16.3. The topological polar surface area (TPSA) is 146 Å². The number of primary amides is 1. The Morgan fingerprint density at radius 3 is 2.39 bits per heavy atom. The lowest BCUT2D eigenvalue weighted by molar-refractivity contribution is -0.123. The van der Waals surface area contributed by atoms with Crippen molar-refractivity contribution < 1.29 is 29.0 Å². The highest BCUT2D eigenvalue weighted by molar-refractivity contribution is 6.32. The summed E-state index contributed by atoms with van der Waals surface area (Å²) < 4.78 is 11.9. The molecule has 4 N–H and O–H groups in total. The summed E-state index contributed by atoms with van der Waals surface area (Å²) >= 11 is 6.60. The fourth-order valence-electron chi connectivity index (χ4n) is 4.22. The van der Waals surface area contributed by atoms with Crippen molar-refractivity contribution in [1.82, 2.24) is 9.78 Å². The first kappa shape index (κ1) is 26.5. The highest BCUT2D eigenvalue weighted by Gasteiger charge is 2.37. The highest BCUT2D eigenvalue weighted by Crippen LogP contribution is 2.35. The Morgan fingerprint density at radius 1 is 1.05 bits per heavy atom. The van der Waals surface area contributed by atoms with Crippen LogP contribution in [0.1, 0.15) is 33.3 Å². The summed E-state index contributed by atoms with van der Waals surface area (Å²) in [5.74, 6) is -1.38. The minimum absolute atomic E-state index is 0.0623. The quantitative estimate of drug-likeness (QED) is 0.292. The van der Waals surface area contributed by atoms with Gasteiger partial charge in [-0.3, -0.25) is 14.3 Å². The SMILES string of the molecule is COc1ccc(C(=O)Nc2ccc(C(C)(Cn3nc(C(=O)O)c4ccccc43)C(N)=O)c(Cl)c2)cc1OC. The van der Waals surface area contributed by atoms with Gasteiger partial charge in [-0.25, -0.2) is 4.79 Å². The number of halogens is 1. The number of carboxylic acid groups (broad SMARTS) is 1. The van der Waals surface area contributed by atoms with Gasteiger partial charge in [0.2, 0.25) is 5.91 Å². The summed E-state index contributed by atoms with van der Waals surface area (Å²) in [6.07, 6.45) is 0. The van der Waals surface area contributed by atoms with Crippen LogP contribution in [0.3, 0.4) is 0 Å². The third kappa shape index (κ3) is 4.85. The number of aromatic carboxylic acids is 1. The van der Waals surface area contributed by atoms with Crippen LogP contribution in [-0.2, 0) is 16.8 Å². The number of carbonyl (C=O) groups is 3. The molecular formula is C27H25ClN4O6. The number of fused-ring (bicyclic) bond motifs is 1. The molecule has 1 atom stereocenters. The molecule has 0 aliphatic rings. The predicted molar refractivity (Wildman–Crippen MR) is 142 cm³/mol. The van der Waals surface area contributed by atoms with Gasteiger partial charge in [-0.15, -0.1) is 0 Å². The van der Waals surface area contributed by atoms with Crippen LogP contribution < -0.4 is 20.5 Å². The second-order valence-electron chi connectivity index (χ2n) is 8.74. The number of nitrogens with two attached hydrogens (primary N) is 1. The van der Waals surface area contributed by atoms with Gasteiger partial charge in [0.25, 0.3) is 5.91 Å². The Morgan fingerprint density at radius 2 is 1.76 bits per heavy atom. The van der Waals surface area contributed by atoms with Crippen LogP contribution in [0, 0.1) is 0 Å². The summed E-state index contributed by atoms with van der Waals surface area (Å²) in [6.45, 7) is 1.54. The zero-order valence-electron chi connectivity index (χ0n) is 20.8. The molecule has 0 radical (unpaired) electrons. The molecule has 10 nitrogen and oxygen atoms in total. The Bertz CT molecular complexity index is 1570. The van der Waals surface area contributed by atoms with E-state index in [1.54, 1.807) is 61.5 Å². The van der Waals surface area contributed by atoms with Gasteiger partial charge in [-0.1, -0.05) is 35.9 Å². The van der Waals surface area contributed by atoms with Gasteiger partial charge >= 0.3 is 5.97 Å². The largest absolute Gasteiger partial charge is 0.493 e. The number of aromatic nitrogens is 2. The normalized spacial score (nSPS) is 12.5. The van der Waals surface area contributed by atoms with E-state index >= 15 is 0 Å². The first-order chi connectivity index (χ1) is 18.1. The average molecular weight is 537 g/mol. The number of hydrogen-bond acceptors (Lipinski definition) is 6. The van der Waals surface area contributed by atoms with Gasteiger partial charge in [-0.2, -0.15) is 5.10 Å². The van der Waals surface area contributed by atoms with E-state index in [0.717, 1.165) is 0 Å². The maximum absolute atomic E-state index is 12.8. The summed E-state index contributed by atoms with van der Waals surface area (Å²) in [5.41, 5.74) is 6.00. The van der Waals surface area contributed by atoms with Crippen LogP contribution in [0.25, 0.3) is 10.9 Å². The Hall–Kier alpha value is -4.57. The van der Waals surface area contributed by atoms with Crippen molar-refractivity contribution in [2.75, 3.05) is 19.5 Å². The summed E-state index contributed by atoms with van der Waals surface area (Å²) in [4.78, 5) is 37.3. The number of nitrogens with one attached hydrogen (secondary N) is 1. The smallest absolute Gasteiger partial charge is 0.357 e. The lowest BCUT2D eigenvalue weighted by Gasteiger charge is -2.28. The molecule has 3 aromatic carbocycles. The second kappa shape index (κ2) is 10.4. The second-order valence-corrected chi connectivity index (χ2v) is 9.15. The molecule has 0 aliphatic carbocycles. The molecule has 11 heteroatoms. The lowest BCUT2D eigenvalue weighted by Crippen LogP contribution is -2.42. The number of rotatable bonds is 9. The van der Waals surface area contributed by atoms with Gasteiger partial charge in [0.1, 0.15) is 0 Å². The molecule has 1 unspecified atom stereocenters. The van der Waals surface area contributed by atoms with Gasteiger partial charge in [0.05, 0.1) is 31.7 Å². The Kier molecular flexibility index (Phi) is 7.27. The van der Waals surface area contributed by atoms with Crippen LogP contribution in [0.2, 0.25) is 5.02 Å². The van der Waals surface area contributed by atoms with Crippen LogP contribution in [0.15, 0.2) is 60.7 Å². The molecule has 0 aliphatic heterocycles. The highest BCUT2D eigenvalue weighted by atomic mass is 35.5. The minimum Gasteiger partial charge on any atom is -0.493 e. The summed E-state index contributed by atoms with van der Waals surface area (Å²) in [7, 11) is 2.98.